The minimum atomic E-state index is -0.786. The zero-order valence-electron chi connectivity index (χ0n) is 48.8. The van der Waals surface area contributed by atoms with Crippen LogP contribution in [0, 0.1) is 0 Å². The maximum atomic E-state index is 12.9. The highest BCUT2D eigenvalue weighted by atomic mass is 16.6. The Hall–Kier alpha value is -3.41. The molecule has 0 aromatic rings. The Bertz CT molecular complexity index is 1420. The summed E-state index contributed by atoms with van der Waals surface area (Å²) in [5, 5.41) is 0. The lowest BCUT2D eigenvalue weighted by Gasteiger charge is -2.18. The molecule has 6 heteroatoms. The number of hydrogen-bond acceptors (Lipinski definition) is 6. The Morgan fingerprint density at radius 2 is 0.541 bits per heavy atom. The highest BCUT2D eigenvalue weighted by Crippen LogP contribution is 2.16. The van der Waals surface area contributed by atoms with Crippen molar-refractivity contribution in [3.05, 3.63) is 85.1 Å². The van der Waals surface area contributed by atoms with Crippen molar-refractivity contribution >= 4 is 17.9 Å². The third kappa shape index (κ3) is 59.5. The topological polar surface area (TPSA) is 78.9 Å². The zero-order chi connectivity index (χ0) is 53.6. The zero-order valence-corrected chi connectivity index (χ0v) is 48.8. The predicted octanol–water partition coefficient (Wildman–Crippen LogP) is 21.5. The van der Waals surface area contributed by atoms with Gasteiger partial charge in [0.25, 0.3) is 0 Å². The van der Waals surface area contributed by atoms with Crippen LogP contribution in [0.5, 0.6) is 0 Å². The summed E-state index contributed by atoms with van der Waals surface area (Å²) in [6.45, 7) is 6.50. The molecule has 0 aromatic heterocycles. The average molecular weight is 1030 g/mol. The molecule has 0 spiro atoms. The monoisotopic (exact) mass is 1030 g/mol. The molecule has 0 aliphatic carbocycles. The smallest absolute Gasteiger partial charge is 0.306 e. The van der Waals surface area contributed by atoms with Gasteiger partial charge in [0.2, 0.25) is 0 Å². The van der Waals surface area contributed by atoms with Crippen molar-refractivity contribution in [1.29, 1.82) is 0 Å². The Labute approximate surface area is 458 Å². The molecule has 0 bridgehead atoms. The number of rotatable bonds is 57. The SMILES string of the molecule is CC/C=C\C/C=C\C/C=C\C/C=C\CCCCCCCCCCCCC(=O)OCC(COC(=O)CCCCCCC/C=C\C/C=C\CCCC)OC(=O)CCCCCCCCCCC/C=C\CCCCCCCC. The van der Waals surface area contributed by atoms with E-state index in [1.165, 1.54) is 167 Å². The molecule has 1 unspecified atom stereocenters. The molecule has 0 aromatic carbocycles. The van der Waals surface area contributed by atoms with Crippen LogP contribution >= 0.6 is 0 Å². The number of allylic oxidation sites excluding steroid dienone is 14. The molecule has 426 valence electrons. The molecule has 0 amide bonds. The fourth-order valence-corrected chi connectivity index (χ4v) is 8.86. The van der Waals surface area contributed by atoms with E-state index in [0.717, 1.165) is 103 Å². The van der Waals surface area contributed by atoms with Gasteiger partial charge < -0.3 is 14.2 Å². The second kappa shape index (κ2) is 62.1. The molecule has 0 rings (SSSR count). The van der Waals surface area contributed by atoms with Crippen molar-refractivity contribution in [2.75, 3.05) is 13.2 Å². The summed E-state index contributed by atoms with van der Waals surface area (Å²) < 4.78 is 16.9. The van der Waals surface area contributed by atoms with E-state index < -0.39 is 6.10 Å². The molecule has 0 radical (unpaired) electrons. The number of unbranched alkanes of at least 4 members (excludes halogenated alkanes) is 32. The molecule has 0 N–H and O–H groups in total. The normalized spacial score (nSPS) is 12.6. The van der Waals surface area contributed by atoms with Gasteiger partial charge in [0.15, 0.2) is 6.10 Å². The van der Waals surface area contributed by atoms with Gasteiger partial charge in [-0.15, -0.1) is 0 Å². The molecule has 1 atom stereocenters. The molecule has 74 heavy (non-hydrogen) atoms. The van der Waals surface area contributed by atoms with Gasteiger partial charge in [-0.3, -0.25) is 14.4 Å². The van der Waals surface area contributed by atoms with E-state index >= 15 is 0 Å². The second-order valence-corrected chi connectivity index (χ2v) is 20.9. The van der Waals surface area contributed by atoms with E-state index in [1.807, 2.05) is 0 Å². The fraction of sp³-hybridized carbons (Fsp3) is 0.750. The quantitative estimate of drug-likeness (QED) is 0.0261. The molecule has 0 heterocycles. The summed E-state index contributed by atoms with van der Waals surface area (Å²) in [5.74, 6) is -0.892. The Kier molecular flexibility index (Phi) is 59.3. The first-order chi connectivity index (χ1) is 36.5. The first kappa shape index (κ1) is 70.6. The van der Waals surface area contributed by atoms with Crippen LogP contribution in [0.4, 0.5) is 0 Å². The number of ether oxygens (including phenoxy) is 3. The van der Waals surface area contributed by atoms with E-state index in [-0.39, 0.29) is 31.1 Å². The number of carbonyl (C=O) groups is 3. The molecule has 0 aliphatic heterocycles. The lowest BCUT2D eigenvalue weighted by molar-refractivity contribution is -0.167. The van der Waals surface area contributed by atoms with Crippen LogP contribution in [0.2, 0.25) is 0 Å². The maximum Gasteiger partial charge on any atom is 0.306 e. The highest BCUT2D eigenvalue weighted by Gasteiger charge is 2.19. The summed E-state index contributed by atoms with van der Waals surface area (Å²) in [5.41, 5.74) is 0. The van der Waals surface area contributed by atoms with Crippen LogP contribution in [-0.2, 0) is 28.6 Å². The second-order valence-electron chi connectivity index (χ2n) is 20.9. The van der Waals surface area contributed by atoms with Crippen LogP contribution in [0.1, 0.15) is 310 Å². The van der Waals surface area contributed by atoms with Gasteiger partial charge in [0.1, 0.15) is 13.2 Å². The van der Waals surface area contributed by atoms with Crippen molar-refractivity contribution < 1.29 is 28.6 Å². The van der Waals surface area contributed by atoms with E-state index in [4.69, 9.17) is 14.2 Å². The van der Waals surface area contributed by atoms with Crippen molar-refractivity contribution in [1.82, 2.24) is 0 Å². The molecule has 0 saturated carbocycles. The minimum absolute atomic E-state index is 0.0830. The van der Waals surface area contributed by atoms with Gasteiger partial charge >= 0.3 is 17.9 Å². The minimum Gasteiger partial charge on any atom is -0.462 e. The average Bonchev–Trinajstić information content (AvgIpc) is 3.40. The molecular weight excluding hydrogens is 913 g/mol. The van der Waals surface area contributed by atoms with Crippen LogP contribution < -0.4 is 0 Å². The van der Waals surface area contributed by atoms with Gasteiger partial charge in [-0.1, -0.05) is 266 Å². The summed E-state index contributed by atoms with van der Waals surface area (Å²) in [4.78, 5) is 38.3. The van der Waals surface area contributed by atoms with E-state index in [2.05, 4.69) is 106 Å². The van der Waals surface area contributed by atoms with Gasteiger partial charge in [-0.25, -0.2) is 0 Å². The number of carbonyl (C=O) groups excluding carboxylic acids is 3. The van der Waals surface area contributed by atoms with Gasteiger partial charge in [0, 0.05) is 19.3 Å². The van der Waals surface area contributed by atoms with Gasteiger partial charge in [-0.05, 0) is 109 Å². The third-order valence-electron chi connectivity index (χ3n) is 13.6. The van der Waals surface area contributed by atoms with Crippen LogP contribution in [0.25, 0.3) is 0 Å². The molecule has 0 fully saturated rings. The fourth-order valence-electron chi connectivity index (χ4n) is 8.86. The molecule has 0 aliphatic rings. The Morgan fingerprint density at radius 1 is 0.284 bits per heavy atom. The van der Waals surface area contributed by atoms with Gasteiger partial charge in [-0.2, -0.15) is 0 Å². The maximum absolute atomic E-state index is 12.9. The highest BCUT2D eigenvalue weighted by molar-refractivity contribution is 5.71. The summed E-state index contributed by atoms with van der Waals surface area (Å²) in [6.07, 6.45) is 81.5. The number of hydrogen-bond donors (Lipinski definition) is 0. The van der Waals surface area contributed by atoms with E-state index in [0.29, 0.717) is 19.3 Å². The van der Waals surface area contributed by atoms with Crippen LogP contribution in [-0.4, -0.2) is 37.2 Å². The lowest BCUT2D eigenvalue weighted by Crippen LogP contribution is -2.30. The van der Waals surface area contributed by atoms with Crippen LogP contribution in [0.3, 0.4) is 0 Å². The Morgan fingerprint density at radius 3 is 0.878 bits per heavy atom. The Balaban J connectivity index is 4.35. The third-order valence-corrected chi connectivity index (χ3v) is 13.6. The summed E-state index contributed by atoms with van der Waals surface area (Å²) in [6, 6.07) is 0. The van der Waals surface area contributed by atoms with Crippen LogP contribution in [0.15, 0.2) is 85.1 Å². The van der Waals surface area contributed by atoms with Crippen molar-refractivity contribution in [2.45, 2.75) is 316 Å². The standard InChI is InChI=1S/C68H118O6/c1-4-7-10-13-16-19-22-25-28-30-32-33-34-35-37-38-40-43-46-49-52-55-58-61-67(70)73-64-65(63-72-66(69)60-57-54-51-48-45-42-27-24-21-18-15-12-9-6-3)74-68(71)62-59-56-53-50-47-44-41-39-36-31-29-26-23-20-17-14-11-8-5-2/h7,10,15-16,18-19,24-29,32-33,65H,4-6,8-9,11-14,17,20-23,30-31,34-64H2,1-3H3/b10-7-,18-15-,19-16-,27-24-,28-25-,29-26-,33-32-. The first-order valence-corrected chi connectivity index (χ1v) is 31.6. The largest absolute Gasteiger partial charge is 0.462 e. The van der Waals surface area contributed by atoms with Crippen molar-refractivity contribution in [3.63, 3.8) is 0 Å². The molecular formula is C68H118O6. The summed E-state index contributed by atoms with van der Waals surface area (Å²) in [7, 11) is 0. The summed E-state index contributed by atoms with van der Waals surface area (Å²) >= 11 is 0. The number of esters is 3. The lowest BCUT2D eigenvalue weighted by atomic mass is 10.0. The predicted molar refractivity (Wildman–Crippen MR) is 321 cm³/mol. The van der Waals surface area contributed by atoms with Crippen molar-refractivity contribution in [2.24, 2.45) is 0 Å². The molecule has 6 nitrogen and oxygen atoms in total. The first-order valence-electron chi connectivity index (χ1n) is 31.6. The van der Waals surface area contributed by atoms with E-state index in [9.17, 15) is 14.4 Å². The van der Waals surface area contributed by atoms with E-state index in [1.54, 1.807) is 0 Å². The molecule has 0 saturated heterocycles. The van der Waals surface area contributed by atoms with Crippen molar-refractivity contribution in [3.8, 4) is 0 Å². The van der Waals surface area contributed by atoms with Gasteiger partial charge in [0.05, 0.1) is 0 Å².